The molecule has 0 unspecified atom stereocenters. The summed E-state index contributed by atoms with van der Waals surface area (Å²) < 4.78 is 0. The lowest BCUT2D eigenvalue weighted by Gasteiger charge is -2.21. The van der Waals surface area contributed by atoms with Crippen LogP contribution in [0.3, 0.4) is 0 Å². The molecule has 0 aromatic heterocycles. The predicted molar refractivity (Wildman–Crippen MR) is 117 cm³/mol. The first-order chi connectivity index (χ1) is 15.2. The molecular formula is C25H24O7. The smallest absolute Gasteiger partial charge is 0.295 e. The van der Waals surface area contributed by atoms with Gasteiger partial charge in [-0.2, -0.15) is 5.26 Å². The molecule has 0 heterocycles. The van der Waals surface area contributed by atoms with Crippen LogP contribution in [0.4, 0.5) is 0 Å². The summed E-state index contributed by atoms with van der Waals surface area (Å²) in [5.41, 5.74) is 1.75. The third-order valence-corrected chi connectivity index (χ3v) is 4.25. The molecule has 0 aliphatic carbocycles. The van der Waals surface area contributed by atoms with E-state index in [1.807, 2.05) is 32.9 Å². The summed E-state index contributed by atoms with van der Waals surface area (Å²) in [6.07, 6.45) is 0. The van der Waals surface area contributed by atoms with Gasteiger partial charge in [0.05, 0.1) is 16.7 Å². The highest BCUT2D eigenvalue weighted by molar-refractivity contribution is 5.92. The molecular weight excluding hydrogens is 412 g/mol. The largest absolute Gasteiger partial charge is 0.386 e. The van der Waals surface area contributed by atoms with Crippen molar-refractivity contribution < 1.29 is 34.3 Å². The van der Waals surface area contributed by atoms with Gasteiger partial charge >= 0.3 is 17.9 Å². The minimum Gasteiger partial charge on any atom is -0.295 e. The van der Waals surface area contributed by atoms with E-state index in [9.17, 15) is 14.4 Å². The topological polar surface area (TPSA) is 99.1 Å². The molecule has 0 amide bonds. The monoisotopic (exact) mass is 436 g/mol. The Hall–Kier alpha value is -3.97. The number of carbonyl (C=O) groups excluding carboxylic acids is 3. The molecule has 1 N–H and O–H groups in total. The lowest BCUT2D eigenvalue weighted by atomic mass is 9.84. The number of benzene rings is 3. The summed E-state index contributed by atoms with van der Waals surface area (Å²) >= 11 is 0. The van der Waals surface area contributed by atoms with Crippen molar-refractivity contribution in [2.75, 3.05) is 0 Å². The highest BCUT2D eigenvalue weighted by atomic mass is 17.2. The van der Waals surface area contributed by atoms with E-state index in [0.29, 0.717) is 16.7 Å². The molecule has 0 fully saturated rings. The molecule has 0 bridgehead atoms. The second-order valence-corrected chi connectivity index (χ2v) is 7.65. The molecule has 3 aromatic rings. The van der Waals surface area contributed by atoms with E-state index in [2.05, 4.69) is 14.7 Å². The Morgan fingerprint density at radius 3 is 1.44 bits per heavy atom. The van der Waals surface area contributed by atoms with E-state index in [-0.39, 0.29) is 5.41 Å². The normalized spacial score (nSPS) is 10.2. The van der Waals surface area contributed by atoms with Crippen molar-refractivity contribution in [1.29, 1.82) is 0 Å². The third kappa shape index (κ3) is 7.07. The van der Waals surface area contributed by atoms with Crippen LogP contribution in [0.2, 0.25) is 0 Å². The lowest BCUT2D eigenvalue weighted by molar-refractivity contribution is -0.187. The zero-order chi connectivity index (χ0) is 23.6. The summed E-state index contributed by atoms with van der Waals surface area (Å²) in [7, 11) is 0. The van der Waals surface area contributed by atoms with Crippen molar-refractivity contribution in [3.63, 3.8) is 0 Å². The first-order valence-electron chi connectivity index (χ1n) is 9.72. The molecule has 166 valence electrons. The fourth-order valence-corrected chi connectivity index (χ4v) is 2.68. The molecule has 7 nitrogen and oxygen atoms in total. The maximum absolute atomic E-state index is 11.5. The van der Waals surface area contributed by atoms with Gasteiger partial charge in [-0.15, -0.1) is 0 Å². The molecule has 32 heavy (non-hydrogen) atoms. The van der Waals surface area contributed by atoms with Crippen molar-refractivity contribution in [2.24, 2.45) is 0 Å². The zero-order valence-corrected chi connectivity index (χ0v) is 18.0. The van der Waals surface area contributed by atoms with Crippen LogP contribution in [0.5, 0.6) is 0 Å². The van der Waals surface area contributed by atoms with Gasteiger partial charge < -0.3 is 0 Å². The molecule has 7 heteroatoms. The van der Waals surface area contributed by atoms with Gasteiger partial charge in [0.1, 0.15) is 0 Å². The van der Waals surface area contributed by atoms with Gasteiger partial charge in [-0.25, -0.2) is 24.2 Å². The van der Waals surface area contributed by atoms with Gasteiger partial charge in [0.25, 0.3) is 0 Å². The molecule has 0 radical (unpaired) electrons. The van der Waals surface area contributed by atoms with Crippen LogP contribution in [-0.2, 0) is 20.1 Å². The van der Waals surface area contributed by atoms with Gasteiger partial charge in [0.2, 0.25) is 0 Å². The van der Waals surface area contributed by atoms with Gasteiger partial charge in [-0.1, -0.05) is 75.4 Å². The number of hydrogen-bond acceptors (Lipinski definition) is 7. The second-order valence-electron chi connectivity index (χ2n) is 7.65. The molecule has 0 spiro atoms. The molecule has 0 saturated heterocycles. The molecule has 0 aliphatic heterocycles. The SMILES string of the molecule is CC(C)(C)c1ccccc1C(=O)OO.O=C(OOC(=O)c1ccccc1)c1ccccc1. The second kappa shape index (κ2) is 11.4. The summed E-state index contributed by atoms with van der Waals surface area (Å²) in [6.45, 7) is 5.99. The highest BCUT2D eigenvalue weighted by Crippen LogP contribution is 2.25. The van der Waals surface area contributed by atoms with Crippen LogP contribution in [0.15, 0.2) is 84.9 Å². The minimum absolute atomic E-state index is 0.148. The van der Waals surface area contributed by atoms with Crippen molar-refractivity contribution in [2.45, 2.75) is 26.2 Å². The van der Waals surface area contributed by atoms with Crippen LogP contribution < -0.4 is 0 Å². The van der Waals surface area contributed by atoms with Crippen LogP contribution >= 0.6 is 0 Å². The highest BCUT2D eigenvalue weighted by Gasteiger charge is 2.21. The van der Waals surface area contributed by atoms with Crippen molar-refractivity contribution in [3.05, 3.63) is 107 Å². The van der Waals surface area contributed by atoms with Crippen molar-refractivity contribution in [3.8, 4) is 0 Å². The third-order valence-electron chi connectivity index (χ3n) is 4.25. The molecule has 0 saturated carbocycles. The van der Waals surface area contributed by atoms with E-state index in [1.165, 1.54) is 0 Å². The number of carbonyl (C=O) groups is 3. The van der Waals surface area contributed by atoms with Gasteiger partial charge in [0.15, 0.2) is 0 Å². The maximum atomic E-state index is 11.5. The molecule has 0 aliphatic rings. The Balaban J connectivity index is 0.000000235. The van der Waals surface area contributed by atoms with Gasteiger partial charge in [0, 0.05) is 0 Å². The minimum atomic E-state index is -0.712. The molecule has 0 atom stereocenters. The Kier molecular flexibility index (Phi) is 8.68. The molecule has 3 rings (SSSR count). The Morgan fingerprint density at radius 2 is 1.03 bits per heavy atom. The fraction of sp³-hybridized carbons (Fsp3) is 0.160. The van der Waals surface area contributed by atoms with Crippen molar-refractivity contribution >= 4 is 17.9 Å². The predicted octanol–water partition coefficient (Wildman–Crippen LogP) is 5.23. The maximum Gasteiger partial charge on any atom is 0.386 e. The summed E-state index contributed by atoms with van der Waals surface area (Å²) in [5.74, 6) is -2.13. The standard InChI is InChI=1S/C14H10O4.C11H14O3/c15-13(11-7-3-1-4-8-11)17-18-14(16)12-9-5-2-6-10-12;1-11(2,3)9-7-5-4-6-8(9)10(12)14-13/h1-10H;4-7,13H,1-3H3. The average Bonchev–Trinajstić information content (AvgIpc) is 2.82. The van der Waals surface area contributed by atoms with Crippen LogP contribution in [0.1, 0.15) is 57.4 Å². The summed E-state index contributed by atoms with van der Waals surface area (Å²) in [4.78, 5) is 46.8. The Bertz CT molecular complexity index is 987. The van der Waals surface area contributed by atoms with E-state index in [4.69, 9.17) is 5.26 Å². The van der Waals surface area contributed by atoms with E-state index >= 15 is 0 Å². The molecule has 3 aromatic carbocycles. The van der Waals surface area contributed by atoms with Crippen molar-refractivity contribution in [1.82, 2.24) is 0 Å². The zero-order valence-electron chi connectivity index (χ0n) is 18.0. The Labute approximate surface area is 186 Å². The quantitative estimate of drug-likeness (QED) is 0.443. The van der Waals surface area contributed by atoms with Gasteiger partial charge in [-0.05, 0) is 41.3 Å². The van der Waals surface area contributed by atoms with E-state index in [0.717, 1.165) is 5.56 Å². The first kappa shape index (κ1) is 24.3. The first-order valence-corrected chi connectivity index (χ1v) is 9.72. The van der Waals surface area contributed by atoms with Crippen LogP contribution in [0.25, 0.3) is 0 Å². The van der Waals surface area contributed by atoms with Crippen LogP contribution in [0, 0.1) is 0 Å². The number of rotatable bonds is 3. The lowest BCUT2D eigenvalue weighted by Crippen LogP contribution is -2.17. The van der Waals surface area contributed by atoms with Gasteiger partial charge in [-0.3, -0.25) is 4.89 Å². The Morgan fingerprint density at radius 1 is 0.625 bits per heavy atom. The van der Waals surface area contributed by atoms with E-state index in [1.54, 1.807) is 72.8 Å². The average molecular weight is 436 g/mol. The number of hydrogen-bond donors (Lipinski definition) is 1. The fourth-order valence-electron chi connectivity index (χ4n) is 2.68. The van der Waals surface area contributed by atoms with Crippen LogP contribution in [-0.4, -0.2) is 23.2 Å². The summed E-state index contributed by atoms with van der Waals surface area (Å²) in [6, 6.07) is 23.7. The summed E-state index contributed by atoms with van der Waals surface area (Å²) in [5, 5.41) is 8.33. The van der Waals surface area contributed by atoms with E-state index < -0.39 is 17.9 Å².